The largest absolute Gasteiger partial charge is 0.346 e. The summed E-state index contributed by atoms with van der Waals surface area (Å²) in [5, 5.41) is 3.08. The number of unbranched alkanes of at least 4 members (excludes halogenated alkanes) is 1. The lowest BCUT2D eigenvalue weighted by atomic mass is 10.2. The molecule has 0 saturated carbocycles. The Morgan fingerprint density at radius 1 is 1.29 bits per heavy atom. The molecule has 0 aliphatic carbocycles. The van der Waals surface area contributed by atoms with Gasteiger partial charge in [-0.25, -0.2) is 13.1 Å². The monoisotopic (exact) mass is 315 g/mol. The van der Waals surface area contributed by atoms with Crippen LogP contribution in [-0.2, 0) is 16.6 Å². The van der Waals surface area contributed by atoms with Gasteiger partial charge in [-0.15, -0.1) is 0 Å². The van der Waals surface area contributed by atoms with Crippen molar-refractivity contribution in [1.82, 2.24) is 14.6 Å². The van der Waals surface area contributed by atoms with E-state index in [0.29, 0.717) is 11.4 Å². The van der Waals surface area contributed by atoms with Crippen LogP contribution in [0.3, 0.4) is 0 Å². The summed E-state index contributed by atoms with van der Waals surface area (Å²) < 4.78 is 29.7. The Morgan fingerprint density at radius 3 is 2.48 bits per heavy atom. The third-order valence-electron chi connectivity index (χ3n) is 3.48. The SMILES string of the molecule is CCCCC(C)NS(=O)(=O)c1cc(CNC)n(C(C)C)c1. The van der Waals surface area contributed by atoms with E-state index in [1.54, 1.807) is 12.3 Å². The smallest absolute Gasteiger partial charge is 0.242 e. The van der Waals surface area contributed by atoms with E-state index >= 15 is 0 Å². The zero-order valence-electron chi connectivity index (χ0n) is 13.8. The lowest BCUT2D eigenvalue weighted by Gasteiger charge is -2.13. The Labute approximate surface area is 129 Å². The maximum Gasteiger partial charge on any atom is 0.242 e. The van der Waals surface area contributed by atoms with Gasteiger partial charge in [0.2, 0.25) is 10.0 Å². The second-order valence-electron chi connectivity index (χ2n) is 5.86. The molecule has 0 bridgehead atoms. The first-order valence-electron chi connectivity index (χ1n) is 7.69. The first-order chi connectivity index (χ1) is 9.81. The van der Waals surface area contributed by atoms with Gasteiger partial charge in [0, 0.05) is 30.5 Å². The number of nitrogens with zero attached hydrogens (tertiary/aromatic N) is 1. The minimum absolute atomic E-state index is 0.0369. The Morgan fingerprint density at radius 2 is 1.95 bits per heavy atom. The van der Waals surface area contributed by atoms with Crippen molar-refractivity contribution in [2.45, 2.75) is 70.5 Å². The van der Waals surface area contributed by atoms with Crippen LogP contribution in [0.4, 0.5) is 0 Å². The van der Waals surface area contributed by atoms with E-state index in [4.69, 9.17) is 0 Å². The van der Waals surface area contributed by atoms with E-state index in [-0.39, 0.29) is 12.1 Å². The summed E-state index contributed by atoms with van der Waals surface area (Å²) in [4.78, 5) is 0.352. The molecule has 0 fully saturated rings. The molecule has 1 rings (SSSR count). The van der Waals surface area contributed by atoms with Gasteiger partial charge in [-0.05, 0) is 40.3 Å². The number of hydrogen-bond acceptors (Lipinski definition) is 3. The van der Waals surface area contributed by atoms with E-state index in [0.717, 1.165) is 25.0 Å². The molecule has 5 nitrogen and oxygen atoms in total. The first kappa shape index (κ1) is 18.2. The molecule has 0 aliphatic rings. The predicted octanol–water partition coefficient (Wildman–Crippen LogP) is 2.65. The van der Waals surface area contributed by atoms with Crippen LogP contribution in [0.15, 0.2) is 17.2 Å². The summed E-state index contributed by atoms with van der Waals surface area (Å²) in [5.74, 6) is 0. The minimum Gasteiger partial charge on any atom is -0.346 e. The molecule has 0 amide bonds. The van der Waals surface area contributed by atoms with Crippen molar-refractivity contribution < 1.29 is 8.42 Å². The highest BCUT2D eigenvalue weighted by atomic mass is 32.2. The van der Waals surface area contributed by atoms with E-state index in [9.17, 15) is 8.42 Å². The van der Waals surface area contributed by atoms with Crippen LogP contribution in [-0.4, -0.2) is 26.1 Å². The van der Waals surface area contributed by atoms with Gasteiger partial charge in [-0.1, -0.05) is 19.8 Å². The fourth-order valence-corrected chi connectivity index (χ4v) is 3.68. The molecule has 2 N–H and O–H groups in total. The minimum atomic E-state index is -3.44. The molecule has 0 aromatic carbocycles. The summed E-state index contributed by atoms with van der Waals surface area (Å²) in [6.07, 6.45) is 4.69. The van der Waals surface area contributed by atoms with Gasteiger partial charge in [-0.2, -0.15) is 0 Å². The quantitative estimate of drug-likeness (QED) is 0.736. The van der Waals surface area contributed by atoms with Crippen molar-refractivity contribution >= 4 is 10.0 Å². The van der Waals surface area contributed by atoms with E-state index in [1.165, 1.54) is 0 Å². The van der Waals surface area contributed by atoms with E-state index < -0.39 is 10.0 Å². The topological polar surface area (TPSA) is 63.1 Å². The molecule has 0 aliphatic heterocycles. The summed E-state index contributed by atoms with van der Waals surface area (Å²) >= 11 is 0. The van der Waals surface area contributed by atoms with E-state index in [2.05, 4.69) is 17.0 Å². The average Bonchev–Trinajstić information content (AvgIpc) is 2.81. The fourth-order valence-electron chi connectivity index (χ4n) is 2.35. The van der Waals surface area contributed by atoms with Crippen molar-refractivity contribution in [1.29, 1.82) is 0 Å². The van der Waals surface area contributed by atoms with Crippen molar-refractivity contribution in [2.24, 2.45) is 0 Å². The number of nitrogens with one attached hydrogen (secondary N) is 2. The van der Waals surface area contributed by atoms with Gasteiger partial charge in [0.15, 0.2) is 0 Å². The summed E-state index contributed by atoms with van der Waals surface area (Å²) in [5.41, 5.74) is 0.981. The molecule has 1 heterocycles. The van der Waals surface area contributed by atoms with Gasteiger partial charge < -0.3 is 9.88 Å². The van der Waals surface area contributed by atoms with Crippen LogP contribution >= 0.6 is 0 Å². The third kappa shape index (κ3) is 5.13. The zero-order valence-corrected chi connectivity index (χ0v) is 14.6. The molecule has 0 radical (unpaired) electrons. The summed E-state index contributed by atoms with van der Waals surface area (Å²) in [6, 6.07) is 1.95. The van der Waals surface area contributed by atoms with Gasteiger partial charge in [-0.3, -0.25) is 0 Å². The maximum atomic E-state index is 12.5. The second-order valence-corrected chi connectivity index (χ2v) is 7.58. The number of sulfonamides is 1. The van der Waals surface area contributed by atoms with Crippen molar-refractivity contribution in [3.8, 4) is 0 Å². The van der Waals surface area contributed by atoms with Crippen LogP contribution in [0.2, 0.25) is 0 Å². The number of rotatable bonds is 9. The van der Waals surface area contributed by atoms with Crippen LogP contribution in [0, 0.1) is 0 Å². The lowest BCUT2D eigenvalue weighted by molar-refractivity contribution is 0.533. The van der Waals surface area contributed by atoms with E-state index in [1.807, 2.05) is 32.4 Å². The second kappa shape index (κ2) is 7.96. The molecule has 122 valence electrons. The summed E-state index contributed by atoms with van der Waals surface area (Å²) in [7, 11) is -1.58. The van der Waals surface area contributed by atoms with Crippen LogP contribution in [0.5, 0.6) is 0 Å². The fraction of sp³-hybridized carbons (Fsp3) is 0.733. The van der Waals surface area contributed by atoms with Crippen LogP contribution in [0.1, 0.15) is 58.7 Å². The van der Waals surface area contributed by atoms with Gasteiger partial charge in [0.25, 0.3) is 0 Å². The predicted molar refractivity (Wildman–Crippen MR) is 86.9 cm³/mol. The molecule has 0 spiro atoms. The molecule has 1 atom stereocenters. The molecular formula is C15H29N3O2S. The Balaban J connectivity index is 2.95. The highest BCUT2D eigenvalue weighted by Gasteiger charge is 2.21. The number of aromatic nitrogens is 1. The molecular weight excluding hydrogens is 286 g/mol. The summed E-state index contributed by atoms with van der Waals surface area (Å²) in [6.45, 7) is 8.77. The Bertz CT molecular complexity index is 535. The van der Waals surface area contributed by atoms with Crippen molar-refractivity contribution in [3.63, 3.8) is 0 Å². The molecule has 1 aromatic rings. The van der Waals surface area contributed by atoms with Gasteiger partial charge in [0.05, 0.1) is 4.90 Å². The highest BCUT2D eigenvalue weighted by Crippen LogP contribution is 2.19. The van der Waals surface area contributed by atoms with Gasteiger partial charge >= 0.3 is 0 Å². The number of hydrogen-bond donors (Lipinski definition) is 2. The average molecular weight is 315 g/mol. The molecule has 21 heavy (non-hydrogen) atoms. The zero-order chi connectivity index (χ0) is 16.0. The third-order valence-corrected chi connectivity index (χ3v) is 5.03. The molecule has 1 aromatic heterocycles. The maximum absolute atomic E-state index is 12.5. The standard InChI is InChI=1S/C15H29N3O2S/c1-6-7-8-13(4)17-21(19,20)15-9-14(10-16-5)18(11-15)12(2)3/h9,11-13,16-17H,6-8,10H2,1-5H3. The molecule has 1 unspecified atom stereocenters. The lowest BCUT2D eigenvalue weighted by Crippen LogP contribution is -2.32. The first-order valence-corrected chi connectivity index (χ1v) is 9.17. The highest BCUT2D eigenvalue weighted by molar-refractivity contribution is 7.89. The van der Waals surface area contributed by atoms with Crippen molar-refractivity contribution in [2.75, 3.05) is 7.05 Å². The normalized spacial score (nSPS) is 13.8. The van der Waals surface area contributed by atoms with Crippen LogP contribution < -0.4 is 10.0 Å². The Hall–Kier alpha value is -0.850. The van der Waals surface area contributed by atoms with Crippen LogP contribution in [0.25, 0.3) is 0 Å². The molecule has 6 heteroatoms. The van der Waals surface area contributed by atoms with Crippen molar-refractivity contribution in [3.05, 3.63) is 18.0 Å². The Kier molecular flexibility index (Phi) is 6.90. The molecule has 0 saturated heterocycles. The van der Waals surface area contributed by atoms with Gasteiger partial charge in [0.1, 0.15) is 0 Å².